The van der Waals surface area contributed by atoms with Gasteiger partial charge in [0.05, 0.1) is 0 Å². The van der Waals surface area contributed by atoms with Gasteiger partial charge >= 0.3 is 0 Å². The lowest BCUT2D eigenvalue weighted by Crippen LogP contribution is -1.87. The van der Waals surface area contributed by atoms with Crippen LogP contribution in [0.25, 0.3) is 11.1 Å². The minimum Gasteiger partial charge on any atom is -0.304 e. The Kier molecular flexibility index (Phi) is 23.2. The van der Waals surface area contributed by atoms with E-state index in [0.29, 0.717) is 0 Å². The second-order valence-corrected chi connectivity index (χ2v) is 6.68. The van der Waals surface area contributed by atoms with Crippen LogP contribution in [0.1, 0.15) is 34.6 Å². The first kappa shape index (κ1) is 27.8. The average molecular weight is 391 g/mol. The second-order valence-electron chi connectivity index (χ2n) is 3.83. The average Bonchev–Trinajstić information content (AvgIpc) is 2.59. The van der Waals surface area contributed by atoms with Crippen LogP contribution < -0.4 is 0 Å². The summed E-state index contributed by atoms with van der Waals surface area (Å²) in [6, 6.07) is 20.8. The Morgan fingerprint density at radius 2 is 0.875 bits per heavy atom. The number of hydrogen-bond acceptors (Lipinski definition) is 1. The Morgan fingerprint density at radius 1 is 0.708 bits per heavy atom. The van der Waals surface area contributed by atoms with Crippen molar-refractivity contribution in [2.45, 2.75) is 38.4 Å². The second kappa shape index (κ2) is 20.0. The van der Waals surface area contributed by atoms with E-state index in [9.17, 15) is 0 Å². The number of aliphatic imine (C=N–C) groups is 1. The molecule has 0 N–H and O–H groups in total. The van der Waals surface area contributed by atoms with E-state index < -0.39 is 3.79 Å². The maximum atomic E-state index is 5.06. The van der Waals surface area contributed by atoms with Gasteiger partial charge in [0.25, 0.3) is 0 Å². The number of nitrogens with zero attached hydrogens (tertiary/aromatic N) is 1. The van der Waals surface area contributed by atoms with Gasteiger partial charge in [-0.15, -0.1) is 0 Å². The molecule has 1 nitrogen and oxygen atoms in total. The van der Waals surface area contributed by atoms with E-state index in [-0.39, 0.29) is 0 Å². The van der Waals surface area contributed by atoms with E-state index in [2.05, 4.69) is 60.2 Å². The van der Waals surface area contributed by atoms with Gasteiger partial charge in [-0.2, -0.15) is 0 Å². The predicted molar refractivity (Wildman–Crippen MR) is 116 cm³/mol. The fourth-order valence-corrected chi connectivity index (χ4v) is 1.26. The highest BCUT2D eigenvalue weighted by atomic mass is 35.6. The van der Waals surface area contributed by atoms with Crippen molar-refractivity contribution in [2.75, 3.05) is 7.05 Å². The molecule has 0 amide bonds. The quantitative estimate of drug-likeness (QED) is 0.344. The molecule has 0 fully saturated rings. The third-order valence-electron chi connectivity index (χ3n) is 1.88. The first-order chi connectivity index (χ1) is 11.4. The van der Waals surface area contributed by atoms with Gasteiger partial charge in [0.2, 0.25) is 0 Å². The Labute approximate surface area is 163 Å². The van der Waals surface area contributed by atoms with E-state index in [1.807, 2.05) is 39.8 Å². The monoisotopic (exact) mass is 389 g/mol. The molecule has 2 aromatic carbocycles. The molecule has 2 rings (SSSR count). The summed E-state index contributed by atoms with van der Waals surface area (Å²) < 4.78 is -1.08. The van der Waals surface area contributed by atoms with Crippen molar-refractivity contribution >= 4 is 41.5 Å². The lowest BCUT2D eigenvalue weighted by Gasteiger charge is -1.98. The molecule has 2 aromatic rings. The van der Waals surface area contributed by atoms with Crippen LogP contribution >= 0.6 is 34.8 Å². The molecular formula is C20H30Cl3N. The fourth-order valence-electron chi connectivity index (χ4n) is 1.26. The molecule has 0 radical (unpaired) electrons. The molecule has 0 spiro atoms. The Balaban J connectivity index is -0.000000311. The summed E-state index contributed by atoms with van der Waals surface area (Å²) in [7, 11) is 1.64. The summed E-state index contributed by atoms with van der Waals surface area (Å²) >= 11 is 15.2. The minimum atomic E-state index is -1.08. The van der Waals surface area contributed by atoms with Crippen LogP contribution in [-0.4, -0.2) is 17.6 Å². The molecule has 0 unspecified atom stereocenters. The summed E-state index contributed by atoms with van der Waals surface area (Å²) in [6.07, 6.45) is 0. The van der Waals surface area contributed by atoms with E-state index >= 15 is 0 Å². The summed E-state index contributed by atoms with van der Waals surface area (Å²) in [4.78, 5) is 3.25. The van der Waals surface area contributed by atoms with Crippen molar-refractivity contribution < 1.29 is 0 Å². The largest absolute Gasteiger partial charge is 0.304 e. The van der Waals surface area contributed by atoms with Crippen LogP contribution in [0.2, 0.25) is 0 Å². The molecular weight excluding hydrogens is 361 g/mol. The molecule has 0 saturated carbocycles. The van der Waals surface area contributed by atoms with Crippen molar-refractivity contribution in [1.29, 1.82) is 0 Å². The number of halogens is 3. The highest BCUT2D eigenvalue weighted by Crippen LogP contribution is 2.23. The normalized spacial score (nSPS) is 8.38. The van der Waals surface area contributed by atoms with Crippen molar-refractivity contribution in [3.8, 4) is 11.1 Å². The number of alkyl halides is 3. The highest BCUT2D eigenvalue weighted by molar-refractivity contribution is 6.67. The van der Waals surface area contributed by atoms with E-state index in [1.54, 1.807) is 7.05 Å². The van der Waals surface area contributed by atoms with Gasteiger partial charge in [-0.05, 0) is 24.8 Å². The molecule has 0 heterocycles. The van der Waals surface area contributed by atoms with Gasteiger partial charge in [0.1, 0.15) is 0 Å². The van der Waals surface area contributed by atoms with Crippen LogP contribution in [0.3, 0.4) is 0 Å². The van der Waals surface area contributed by atoms with Gasteiger partial charge in [0.15, 0.2) is 3.79 Å². The van der Waals surface area contributed by atoms with Crippen LogP contribution in [0, 0.1) is 0 Å². The Bertz CT molecular complexity index is 422. The molecule has 24 heavy (non-hydrogen) atoms. The zero-order valence-electron chi connectivity index (χ0n) is 15.6. The zero-order chi connectivity index (χ0) is 19.4. The third-order valence-corrected chi connectivity index (χ3v) is 1.88. The highest BCUT2D eigenvalue weighted by Gasteiger charge is 2.07. The van der Waals surface area contributed by atoms with Gasteiger partial charge in [-0.3, -0.25) is 0 Å². The molecule has 0 saturated heterocycles. The van der Waals surface area contributed by atoms with Crippen molar-refractivity contribution in [3.63, 3.8) is 0 Å². The Morgan fingerprint density at radius 3 is 1.04 bits per heavy atom. The van der Waals surface area contributed by atoms with Crippen LogP contribution in [-0.2, 0) is 0 Å². The first-order valence-corrected chi connectivity index (χ1v) is 9.04. The maximum absolute atomic E-state index is 5.06. The number of benzene rings is 2. The van der Waals surface area contributed by atoms with E-state index in [4.69, 9.17) is 34.8 Å². The zero-order valence-corrected chi connectivity index (χ0v) is 17.8. The standard InChI is InChI=1S/C12H10.C2H3Cl3.C2H5N.2C2H6/c1-3-7-11(8-4-1)12-9-5-2-6-10-12;1-2(3,4)5;1-3-2;2*1-2/h1-10H;1H3;1H2,2H3;2*1-2H3. The first-order valence-electron chi connectivity index (χ1n) is 7.90. The summed E-state index contributed by atoms with van der Waals surface area (Å²) in [5, 5.41) is 0. The molecule has 0 bridgehead atoms. The van der Waals surface area contributed by atoms with Crippen molar-refractivity contribution in [3.05, 3.63) is 60.7 Å². The molecule has 0 aliphatic heterocycles. The van der Waals surface area contributed by atoms with E-state index in [0.717, 1.165) is 0 Å². The van der Waals surface area contributed by atoms with Gasteiger partial charge in [-0.25, -0.2) is 0 Å². The van der Waals surface area contributed by atoms with Crippen LogP contribution in [0.4, 0.5) is 0 Å². The predicted octanol–water partition coefficient (Wildman–Crippen LogP) is 8.10. The number of hydrogen-bond donors (Lipinski definition) is 0. The maximum Gasteiger partial charge on any atom is 0.187 e. The SMILES string of the molecule is C=NC.CC.CC.CC(Cl)(Cl)Cl.c1ccc(-c2ccccc2)cc1. The van der Waals surface area contributed by atoms with E-state index in [1.165, 1.54) is 18.1 Å². The molecule has 4 heteroatoms. The Hall–Kier alpha value is -1.02. The fraction of sp³-hybridized carbons (Fsp3) is 0.350. The number of rotatable bonds is 1. The molecule has 0 aliphatic rings. The smallest absolute Gasteiger partial charge is 0.187 e. The summed E-state index contributed by atoms with van der Waals surface area (Å²) in [5.41, 5.74) is 2.55. The lowest BCUT2D eigenvalue weighted by molar-refractivity contribution is 1.27. The van der Waals surface area contributed by atoms with Crippen molar-refractivity contribution in [1.82, 2.24) is 0 Å². The molecule has 0 aliphatic carbocycles. The topological polar surface area (TPSA) is 12.4 Å². The molecule has 0 aromatic heterocycles. The van der Waals surface area contributed by atoms with Gasteiger partial charge in [-0.1, -0.05) is 123 Å². The molecule has 0 atom stereocenters. The van der Waals surface area contributed by atoms with Gasteiger partial charge < -0.3 is 4.99 Å². The minimum absolute atomic E-state index is 1.08. The van der Waals surface area contributed by atoms with Crippen molar-refractivity contribution in [2.24, 2.45) is 4.99 Å². The van der Waals surface area contributed by atoms with Crippen LogP contribution in [0.5, 0.6) is 0 Å². The molecule has 136 valence electrons. The third kappa shape index (κ3) is 23.2. The van der Waals surface area contributed by atoms with Gasteiger partial charge in [0, 0.05) is 7.05 Å². The summed E-state index contributed by atoms with van der Waals surface area (Å²) in [5.74, 6) is 0. The lowest BCUT2D eigenvalue weighted by atomic mass is 10.1. The summed E-state index contributed by atoms with van der Waals surface area (Å²) in [6.45, 7) is 12.6. The van der Waals surface area contributed by atoms with Crippen LogP contribution in [0.15, 0.2) is 65.7 Å².